The highest BCUT2D eigenvalue weighted by molar-refractivity contribution is 5.87. The number of alkyl halides is 4. The number of aliphatic hydroxyl groups excluding tert-OH is 2. The van der Waals surface area contributed by atoms with Crippen molar-refractivity contribution in [1.29, 1.82) is 0 Å². The molecule has 1 amide bonds. The van der Waals surface area contributed by atoms with E-state index in [9.17, 15) is 41.8 Å². The van der Waals surface area contributed by atoms with Crippen LogP contribution < -0.4 is 28.3 Å². The number of H-pyrrole nitrogens is 2. The number of amides is 1. The molecule has 10 N–H and O–H groups in total. The minimum absolute atomic E-state index is 0. The van der Waals surface area contributed by atoms with Crippen molar-refractivity contribution in [2.75, 3.05) is 17.7 Å². The summed E-state index contributed by atoms with van der Waals surface area (Å²) in [6.07, 6.45) is -8.41. The van der Waals surface area contributed by atoms with Crippen LogP contribution in [-0.2, 0) is 23.8 Å². The lowest BCUT2D eigenvalue weighted by atomic mass is 10.1. The van der Waals surface area contributed by atoms with Gasteiger partial charge in [0.15, 0.2) is 40.9 Å². The van der Waals surface area contributed by atoms with Crippen LogP contribution >= 0.6 is 0 Å². The maximum Gasteiger partial charge on any atom is 0.314 e. The van der Waals surface area contributed by atoms with Gasteiger partial charge in [-0.05, 0) is 6.42 Å². The molecule has 4 aromatic rings. The molecule has 2 fully saturated rings. The van der Waals surface area contributed by atoms with E-state index in [4.69, 9.17) is 25.1 Å². The number of anilines is 2. The Morgan fingerprint density at radius 1 is 0.980 bits per heavy atom. The molecule has 0 bridgehead atoms. The van der Waals surface area contributed by atoms with Gasteiger partial charge in [-0.15, -0.1) is 0 Å². The third kappa shape index (κ3) is 6.54. The molecule has 268 valence electrons. The van der Waals surface area contributed by atoms with E-state index in [1.165, 1.54) is 13.8 Å². The van der Waals surface area contributed by atoms with Crippen molar-refractivity contribution in [3.8, 4) is 0 Å². The first-order valence-corrected chi connectivity index (χ1v) is 14.0. The van der Waals surface area contributed by atoms with E-state index in [2.05, 4.69) is 35.2 Å². The first-order valence-electron chi connectivity index (χ1n) is 14.0. The molecule has 2 aliphatic rings. The zero-order valence-corrected chi connectivity index (χ0v) is 25.8. The number of fused-ring (bicyclic) bond motifs is 2. The van der Waals surface area contributed by atoms with Crippen LogP contribution in [0.1, 0.15) is 39.6 Å². The van der Waals surface area contributed by atoms with Crippen molar-refractivity contribution in [1.82, 2.24) is 45.2 Å². The zero-order chi connectivity index (χ0) is 35.3. The van der Waals surface area contributed by atoms with Gasteiger partial charge < -0.3 is 36.3 Å². The summed E-state index contributed by atoms with van der Waals surface area (Å²) < 4.78 is 73.9. The Kier molecular flexibility index (Phi) is 10.1. The molecule has 0 spiro atoms. The van der Waals surface area contributed by atoms with Crippen molar-refractivity contribution in [3.63, 3.8) is 0 Å². The van der Waals surface area contributed by atoms with E-state index in [1.807, 2.05) is 0 Å². The van der Waals surface area contributed by atoms with Gasteiger partial charge in [-0.25, -0.2) is 18.7 Å². The fourth-order valence-electron chi connectivity index (χ4n) is 5.16. The second kappa shape index (κ2) is 13.5. The van der Waals surface area contributed by atoms with Gasteiger partial charge in [0.1, 0.15) is 12.2 Å². The number of ether oxygens (including phenoxy) is 3. The molecule has 2 saturated heterocycles. The minimum Gasteiger partial charge on any atom is -0.451 e. The number of carbonyl (C=O) groups excluding carboxylic acids is 2. The maximum absolute atomic E-state index is 14.6. The Morgan fingerprint density at radius 2 is 1.53 bits per heavy atom. The lowest BCUT2D eigenvalue weighted by Crippen LogP contribution is -2.41. The number of hydrogen-bond acceptors (Lipinski definition) is 15. The van der Waals surface area contributed by atoms with Crippen LogP contribution in [0.3, 0.4) is 0 Å². The van der Waals surface area contributed by atoms with Crippen molar-refractivity contribution in [2.45, 2.75) is 75.9 Å². The van der Waals surface area contributed by atoms with E-state index in [0.717, 1.165) is 28.7 Å². The molecule has 24 heteroatoms. The number of nitrogens with two attached hydrogens (primary N) is 1. The van der Waals surface area contributed by atoms with Crippen molar-refractivity contribution in [2.24, 2.45) is 0 Å². The Hall–Kier alpha value is -5.04. The Morgan fingerprint density at radius 3 is 2.06 bits per heavy atom. The number of carbonyl (C=O) groups is 2. The highest BCUT2D eigenvalue weighted by Gasteiger charge is 2.61. The minimum atomic E-state index is -3.65. The molecule has 0 saturated carbocycles. The molecule has 4 aromatic heterocycles. The SMILES string of the molecule is CC[C@H]1O[C@@H](n2cnc3c(=O)[nH]c(NC(C)=O)nc32)[C@H](OC(C)=O)C1(F)F.N.Nc1nc2c(ncn2[C@@H]2O[C@H](CO)C(F)(F)[C@H]2O)c(=O)[nH]1. The highest BCUT2D eigenvalue weighted by atomic mass is 19.3. The average Bonchev–Trinajstić information content (AvgIpc) is 3.72. The van der Waals surface area contributed by atoms with Gasteiger partial charge in [0.05, 0.1) is 19.3 Å². The summed E-state index contributed by atoms with van der Waals surface area (Å²) in [5.74, 6) is -8.91. The number of esters is 1. The Balaban J connectivity index is 0.000000223. The van der Waals surface area contributed by atoms with Crippen molar-refractivity contribution < 1.29 is 51.6 Å². The van der Waals surface area contributed by atoms with Gasteiger partial charge >= 0.3 is 17.8 Å². The monoisotopic (exact) mass is 705 g/mol. The standard InChI is InChI=1S/C15H17F2N5O5.C10H11F2N5O4.H3N/c1-4-8-15(16,17)10(26-7(3)24)13(27-8)22-5-18-9-11(22)20-14(19-6(2)23)21-12(9)25;11-10(12)3(1-18)21-8(5(10)19)17-2-14-4-6(17)15-9(13)16-7(4)20;/h5,8,10,13H,4H2,1-3H3,(H2,19,20,21,23,25);2-3,5,8,18-19H,1H2,(H3,13,15,16,20);1H3/t8-,10+,13-;3-,5+,8-;/m11./s1. The topological polar surface area (TPSA) is 302 Å². The Bertz CT molecular complexity index is 1980. The van der Waals surface area contributed by atoms with Crippen LogP contribution in [0.4, 0.5) is 29.5 Å². The van der Waals surface area contributed by atoms with Crippen LogP contribution in [0.25, 0.3) is 22.3 Å². The van der Waals surface area contributed by atoms with Crippen molar-refractivity contribution in [3.05, 3.63) is 33.4 Å². The molecule has 6 atom stereocenters. The molecule has 49 heavy (non-hydrogen) atoms. The van der Waals surface area contributed by atoms with Gasteiger partial charge in [0.25, 0.3) is 11.1 Å². The van der Waals surface area contributed by atoms with Gasteiger partial charge in [-0.2, -0.15) is 18.7 Å². The quantitative estimate of drug-likeness (QED) is 0.100. The summed E-state index contributed by atoms with van der Waals surface area (Å²) in [6.45, 7) is 2.76. The normalized spacial score (nSPS) is 25.4. The molecule has 6 heterocycles. The summed E-state index contributed by atoms with van der Waals surface area (Å²) in [4.78, 5) is 66.3. The van der Waals surface area contributed by atoms with Gasteiger partial charge in [0.2, 0.25) is 23.9 Å². The highest BCUT2D eigenvalue weighted by Crippen LogP contribution is 2.45. The van der Waals surface area contributed by atoms with Gasteiger partial charge in [-0.3, -0.25) is 43.6 Å². The lowest BCUT2D eigenvalue weighted by Gasteiger charge is -2.23. The third-order valence-corrected chi connectivity index (χ3v) is 7.32. The average molecular weight is 706 g/mol. The maximum atomic E-state index is 14.6. The van der Waals surface area contributed by atoms with E-state index < -0.39 is 78.3 Å². The number of nitrogens with zero attached hydrogens (tertiary/aromatic N) is 6. The lowest BCUT2D eigenvalue weighted by molar-refractivity contribution is -0.170. The number of aromatic nitrogens is 8. The molecule has 2 aliphatic heterocycles. The summed E-state index contributed by atoms with van der Waals surface area (Å²) in [5.41, 5.74) is 3.60. The molecule has 20 nitrogen and oxygen atoms in total. The van der Waals surface area contributed by atoms with Gasteiger partial charge in [0, 0.05) is 13.8 Å². The number of halogens is 4. The number of aromatic amines is 2. The van der Waals surface area contributed by atoms with E-state index in [1.54, 1.807) is 0 Å². The summed E-state index contributed by atoms with van der Waals surface area (Å²) in [6, 6.07) is 0. The first kappa shape index (κ1) is 36.8. The molecular weight excluding hydrogens is 674 g/mol. The summed E-state index contributed by atoms with van der Waals surface area (Å²) in [7, 11) is 0. The van der Waals surface area contributed by atoms with Crippen LogP contribution in [0.5, 0.6) is 0 Å². The van der Waals surface area contributed by atoms with E-state index >= 15 is 0 Å². The number of nitrogens with one attached hydrogen (secondary N) is 3. The fraction of sp³-hybridized carbons (Fsp3) is 0.520. The van der Waals surface area contributed by atoms with E-state index in [-0.39, 0.29) is 46.8 Å². The second-order valence-electron chi connectivity index (χ2n) is 10.6. The summed E-state index contributed by atoms with van der Waals surface area (Å²) >= 11 is 0. The molecule has 0 aromatic carbocycles. The van der Waals surface area contributed by atoms with Crippen LogP contribution in [0.2, 0.25) is 0 Å². The molecule has 0 unspecified atom stereocenters. The Labute approximate surface area is 270 Å². The summed E-state index contributed by atoms with van der Waals surface area (Å²) in [5, 5.41) is 20.9. The largest absolute Gasteiger partial charge is 0.451 e. The predicted molar refractivity (Wildman–Crippen MR) is 157 cm³/mol. The number of nitrogen functional groups attached to an aromatic ring is 1. The van der Waals surface area contributed by atoms with Crippen molar-refractivity contribution >= 4 is 46.1 Å². The number of imidazole rings is 2. The number of hydrogen-bond donors (Lipinski definition) is 7. The predicted octanol–water partition coefficient (Wildman–Crippen LogP) is -0.298. The third-order valence-electron chi connectivity index (χ3n) is 7.32. The van der Waals surface area contributed by atoms with E-state index in [0.29, 0.717) is 0 Å². The van der Waals surface area contributed by atoms with Crippen LogP contribution in [-0.4, -0.2) is 104 Å². The number of aliphatic hydroxyl groups is 2. The fourth-order valence-corrected chi connectivity index (χ4v) is 5.16. The molecular formula is C25H31F4N11O9. The van der Waals surface area contributed by atoms with Crippen LogP contribution in [0.15, 0.2) is 22.2 Å². The smallest absolute Gasteiger partial charge is 0.314 e. The zero-order valence-electron chi connectivity index (χ0n) is 25.8. The second-order valence-corrected chi connectivity index (χ2v) is 10.6. The molecule has 0 aliphatic carbocycles. The van der Waals surface area contributed by atoms with Gasteiger partial charge in [-0.1, -0.05) is 6.92 Å². The molecule has 0 radical (unpaired) electrons. The first-order chi connectivity index (χ1) is 22.5. The van der Waals surface area contributed by atoms with Crippen LogP contribution in [0, 0.1) is 0 Å². The molecule has 6 rings (SSSR count). The number of rotatable bonds is 6.